The number of nitrogens with one attached hydrogen (secondary N) is 1. The number of para-hydroxylation sites is 2. The summed E-state index contributed by atoms with van der Waals surface area (Å²) in [5.74, 6) is 4.74. The fraction of sp³-hybridized carbons (Fsp3) is 0. The number of nitrogens with two attached hydrogens (primary N) is 2. The molecule has 1 aromatic heterocycles. The number of carbonyl (C=O) groups excluding carboxylic acids is 1. The van der Waals surface area contributed by atoms with E-state index in [0.29, 0.717) is 11.0 Å². The van der Waals surface area contributed by atoms with E-state index in [4.69, 9.17) is 11.6 Å². The van der Waals surface area contributed by atoms with Crippen LogP contribution in [-0.2, 0) is 0 Å². The Hall–Kier alpha value is -2.21. The molecule has 0 unspecified atom stereocenters. The highest BCUT2D eigenvalue weighted by molar-refractivity contribution is 5.97. The number of hydrogen-bond donors (Lipinski definition) is 3. The third kappa shape index (κ3) is 1.57. The van der Waals surface area contributed by atoms with Gasteiger partial charge in [-0.2, -0.15) is 0 Å². The highest BCUT2D eigenvalue weighted by Crippen LogP contribution is 2.15. The molecule has 0 fully saturated rings. The number of nitrogen functional groups attached to an aromatic ring is 1. The van der Waals surface area contributed by atoms with Crippen LogP contribution in [-0.4, -0.2) is 15.9 Å². The Morgan fingerprint density at radius 1 is 1.20 bits per heavy atom. The van der Waals surface area contributed by atoms with Crippen molar-refractivity contribution in [2.45, 2.75) is 0 Å². The molecule has 1 aromatic carbocycles. The minimum atomic E-state index is -0.666. The highest BCUT2D eigenvalue weighted by atomic mass is 16.1. The second-order valence-electron chi connectivity index (χ2n) is 2.92. The fourth-order valence-corrected chi connectivity index (χ4v) is 1.27. The maximum Gasteiger partial charge on any atom is 0.271 e. The summed E-state index contributed by atoms with van der Waals surface area (Å²) in [7, 11) is 0. The van der Waals surface area contributed by atoms with E-state index in [1.807, 2.05) is 6.07 Å². The van der Waals surface area contributed by atoms with Crippen LogP contribution < -0.4 is 17.0 Å². The zero-order valence-electron chi connectivity index (χ0n) is 7.77. The Morgan fingerprint density at radius 3 is 2.33 bits per heavy atom. The molecule has 15 heavy (non-hydrogen) atoms. The van der Waals surface area contributed by atoms with Crippen LogP contribution in [0.3, 0.4) is 0 Å². The molecular formula is C9H9N5O. The number of nitrogens with zero attached hydrogens (tertiary/aromatic N) is 2. The van der Waals surface area contributed by atoms with Crippen LogP contribution in [0.1, 0.15) is 10.5 Å². The van der Waals surface area contributed by atoms with Gasteiger partial charge in [0.1, 0.15) is 0 Å². The third-order valence-electron chi connectivity index (χ3n) is 1.94. The van der Waals surface area contributed by atoms with Gasteiger partial charge in [0.15, 0.2) is 11.5 Å². The van der Waals surface area contributed by atoms with Crippen molar-refractivity contribution < 1.29 is 4.79 Å². The SMILES string of the molecule is NNc1nc2ccccc2nc1C(N)=O. The smallest absolute Gasteiger partial charge is 0.271 e. The maximum absolute atomic E-state index is 11.0. The molecule has 1 amide bonds. The highest BCUT2D eigenvalue weighted by Gasteiger charge is 2.12. The third-order valence-corrected chi connectivity index (χ3v) is 1.94. The Kier molecular flexibility index (Phi) is 2.18. The number of hydrazine groups is 1. The zero-order valence-corrected chi connectivity index (χ0v) is 7.77. The molecule has 0 atom stereocenters. The fourth-order valence-electron chi connectivity index (χ4n) is 1.27. The molecule has 76 valence electrons. The number of aromatic nitrogens is 2. The number of carbonyl (C=O) groups is 1. The predicted octanol–water partition coefficient (Wildman–Crippen LogP) is 0.0143. The van der Waals surface area contributed by atoms with Crippen LogP contribution >= 0.6 is 0 Å². The van der Waals surface area contributed by atoms with Crippen LogP contribution in [0.15, 0.2) is 24.3 Å². The Morgan fingerprint density at radius 2 is 1.80 bits per heavy atom. The molecule has 0 aliphatic heterocycles. The van der Waals surface area contributed by atoms with Crippen molar-refractivity contribution in [2.24, 2.45) is 11.6 Å². The van der Waals surface area contributed by atoms with Crippen LogP contribution in [0, 0.1) is 0 Å². The molecule has 0 radical (unpaired) electrons. The molecule has 0 spiro atoms. The van der Waals surface area contributed by atoms with Crippen molar-refractivity contribution in [1.82, 2.24) is 9.97 Å². The van der Waals surface area contributed by atoms with Gasteiger partial charge in [0.05, 0.1) is 11.0 Å². The molecule has 2 rings (SSSR count). The number of rotatable bonds is 2. The van der Waals surface area contributed by atoms with Gasteiger partial charge in [0.2, 0.25) is 0 Å². The van der Waals surface area contributed by atoms with Crippen molar-refractivity contribution >= 4 is 22.8 Å². The molecular weight excluding hydrogens is 194 g/mol. The average Bonchev–Trinajstić information content (AvgIpc) is 2.27. The van der Waals surface area contributed by atoms with Gasteiger partial charge in [-0.05, 0) is 12.1 Å². The van der Waals surface area contributed by atoms with Gasteiger partial charge < -0.3 is 11.2 Å². The first kappa shape index (κ1) is 9.35. The first-order valence-electron chi connectivity index (χ1n) is 4.25. The van der Waals surface area contributed by atoms with Gasteiger partial charge >= 0.3 is 0 Å². The minimum Gasteiger partial charge on any atom is -0.364 e. The van der Waals surface area contributed by atoms with Gasteiger partial charge in [-0.1, -0.05) is 12.1 Å². The Balaban J connectivity index is 2.74. The molecule has 0 bridgehead atoms. The molecule has 0 saturated heterocycles. The summed E-state index contributed by atoms with van der Waals surface area (Å²) in [6.07, 6.45) is 0. The lowest BCUT2D eigenvalue weighted by Crippen LogP contribution is -2.20. The van der Waals surface area contributed by atoms with Gasteiger partial charge in [-0.3, -0.25) is 4.79 Å². The van der Waals surface area contributed by atoms with Gasteiger partial charge in [-0.25, -0.2) is 15.8 Å². The molecule has 0 saturated carbocycles. The molecule has 0 aliphatic carbocycles. The lowest BCUT2D eigenvalue weighted by atomic mass is 10.3. The van der Waals surface area contributed by atoms with E-state index in [0.717, 1.165) is 0 Å². The lowest BCUT2D eigenvalue weighted by Gasteiger charge is -2.05. The van der Waals surface area contributed by atoms with Crippen molar-refractivity contribution in [3.63, 3.8) is 0 Å². The number of primary amides is 1. The van der Waals surface area contributed by atoms with E-state index in [-0.39, 0.29) is 11.5 Å². The largest absolute Gasteiger partial charge is 0.364 e. The number of anilines is 1. The summed E-state index contributed by atoms with van der Waals surface area (Å²) in [5, 5.41) is 0. The van der Waals surface area contributed by atoms with Crippen LogP contribution in [0.4, 0.5) is 5.82 Å². The Labute approximate surface area is 85.3 Å². The molecule has 2 aromatic rings. The first-order valence-corrected chi connectivity index (χ1v) is 4.25. The van der Waals surface area contributed by atoms with E-state index in [1.54, 1.807) is 18.2 Å². The summed E-state index contributed by atoms with van der Waals surface area (Å²) in [6, 6.07) is 7.14. The zero-order chi connectivity index (χ0) is 10.8. The number of benzene rings is 1. The molecule has 1 heterocycles. The lowest BCUT2D eigenvalue weighted by molar-refractivity contribution is 0.0996. The monoisotopic (exact) mass is 203 g/mol. The van der Waals surface area contributed by atoms with Crippen LogP contribution in [0.25, 0.3) is 11.0 Å². The predicted molar refractivity (Wildman–Crippen MR) is 55.9 cm³/mol. The molecule has 6 nitrogen and oxygen atoms in total. The summed E-state index contributed by atoms with van der Waals surface area (Å²) in [4.78, 5) is 19.2. The summed E-state index contributed by atoms with van der Waals surface area (Å²) in [5.41, 5.74) is 8.73. The van der Waals surface area contributed by atoms with Crippen molar-refractivity contribution in [1.29, 1.82) is 0 Å². The van der Waals surface area contributed by atoms with Crippen LogP contribution in [0.5, 0.6) is 0 Å². The molecule has 5 N–H and O–H groups in total. The summed E-state index contributed by atoms with van der Waals surface area (Å²) in [6.45, 7) is 0. The van der Waals surface area contributed by atoms with Crippen LogP contribution in [0.2, 0.25) is 0 Å². The summed E-state index contributed by atoms with van der Waals surface area (Å²) >= 11 is 0. The van der Waals surface area contributed by atoms with E-state index in [9.17, 15) is 4.79 Å². The van der Waals surface area contributed by atoms with E-state index >= 15 is 0 Å². The van der Waals surface area contributed by atoms with Gasteiger partial charge in [0, 0.05) is 0 Å². The van der Waals surface area contributed by atoms with Crippen molar-refractivity contribution in [2.75, 3.05) is 5.43 Å². The quantitative estimate of drug-likeness (QED) is 0.471. The second kappa shape index (κ2) is 3.50. The topological polar surface area (TPSA) is 107 Å². The normalized spacial score (nSPS) is 10.2. The van der Waals surface area contributed by atoms with E-state index < -0.39 is 5.91 Å². The van der Waals surface area contributed by atoms with Crippen molar-refractivity contribution in [3.8, 4) is 0 Å². The summed E-state index contributed by atoms with van der Waals surface area (Å²) < 4.78 is 0. The second-order valence-corrected chi connectivity index (χ2v) is 2.92. The maximum atomic E-state index is 11.0. The first-order chi connectivity index (χ1) is 7.22. The van der Waals surface area contributed by atoms with Gasteiger partial charge in [0.25, 0.3) is 5.91 Å². The minimum absolute atomic E-state index is 0.0381. The van der Waals surface area contributed by atoms with Crippen molar-refractivity contribution in [3.05, 3.63) is 30.0 Å². The number of hydrogen-bond acceptors (Lipinski definition) is 5. The standard InChI is InChI=1S/C9H9N5O/c10-8(15)7-9(14-11)13-6-4-2-1-3-5(6)12-7/h1-4H,11H2,(H2,10,15)(H,13,14). The van der Waals surface area contributed by atoms with E-state index in [1.165, 1.54) is 0 Å². The molecule has 6 heteroatoms. The average molecular weight is 203 g/mol. The number of fused-ring (bicyclic) bond motifs is 1. The Bertz CT molecular complexity index is 525. The molecule has 0 aliphatic rings. The van der Waals surface area contributed by atoms with Gasteiger partial charge in [-0.15, -0.1) is 0 Å². The van der Waals surface area contributed by atoms with E-state index in [2.05, 4.69) is 15.4 Å². The number of amides is 1.